The largest absolute Gasteiger partial charge is 0.497 e. The molecule has 1 saturated heterocycles. The molecule has 1 N–H and O–H groups in total. The van der Waals surface area contributed by atoms with E-state index in [1.165, 1.54) is 9.80 Å². The number of likely N-dealkylation sites (tertiary alicyclic amines) is 1. The highest BCUT2D eigenvalue weighted by atomic mass is 16.5. The lowest BCUT2D eigenvalue weighted by Gasteiger charge is -2.29. The zero-order valence-electron chi connectivity index (χ0n) is 20.3. The van der Waals surface area contributed by atoms with Crippen molar-refractivity contribution in [2.45, 2.75) is 58.5 Å². The minimum atomic E-state index is -0.702. The van der Waals surface area contributed by atoms with Crippen LogP contribution >= 0.6 is 0 Å². The Balaban J connectivity index is 1.71. The van der Waals surface area contributed by atoms with E-state index >= 15 is 0 Å². The van der Waals surface area contributed by atoms with Crippen LogP contribution in [-0.2, 0) is 25.7 Å². The molecular weight excluding hydrogens is 434 g/mol. The van der Waals surface area contributed by atoms with Crippen molar-refractivity contribution < 1.29 is 23.9 Å². The third kappa shape index (κ3) is 5.85. The molecule has 34 heavy (non-hydrogen) atoms. The highest BCUT2D eigenvalue weighted by Gasteiger charge is 2.47. The van der Waals surface area contributed by atoms with Crippen LogP contribution in [0.1, 0.15) is 51.5 Å². The number of rotatable bonds is 11. The van der Waals surface area contributed by atoms with Gasteiger partial charge in [0.1, 0.15) is 11.8 Å². The van der Waals surface area contributed by atoms with E-state index in [0.29, 0.717) is 25.1 Å². The molecule has 0 bridgehead atoms. The van der Waals surface area contributed by atoms with E-state index in [-0.39, 0.29) is 55.0 Å². The number of nitrogens with one attached hydrogen (secondary N) is 1. The number of carbonyl (C=O) groups excluding carboxylic acids is 4. The maximum absolute atomic E-state index is 13.3. The molecule has 1 aromatic rings. The van der Waals surface area contributed by atoms with Crippen molar-refractivity contribution >= 4 is 23.6 Å². The highest BCUT2D eigenvalue weighted by Crippen LogP contribution is 2.35. The summed E-state index contributed by atoms with van der Waals surface area (Å²) in [6.45, 7) is 4.54. The second-order valence-electron chi connectivity index (χ2n) is 8.93. The van der Waals surface area contributed by atoms with Gasteiger partial charge in [-0.2, -0.15) is 0 Å². The number of hydrogen-bond donors (Lipinski definition) is 1. The molecular formula is C26H35N3O5. The third-order valence-corrected chi connectivity index (χ3v) is 6.63. The van der Waals surface area contributed by atoms with Crippen molar-refractivity contribution in [2.24, 2.45) is 11.8 Å². The third-order valence-electron chi connectivity index (χ3n) is 6.63. The van der Waals surface area contributed by atoms with E-state index in [1.807, 2.05) is 43.3 Å². The maximum atomic E-state index is 13.3. The number of fused-ring (bicyclic) bond motifs is 1. The highest BCUT2D eigenvalue weighted by molar-refractivity contribution is 6.05. The van der Waals surface area contributed by atoms with E-state index in [1.54, 1.807) is 14.0 Å². The normalized spacial score (nSPS) is 20.1. The Morgan fingerprint density at radius 3 is 2.47 bits per heavy atom. The van der Waals surface area contributed by atoms with Crippen LogP contribution < -0.4 is 10.1 Å². The number of carbonyl (C=O) groups is 4. The molecule has 1 unspecified atom stereocenters. The predicted octanol–water partition coefficient (Wildman–Crippen LogP) is 2.67. The first kappa shape index (κ1) is 25.5. The molecule has 8 heteroatoms. The van der Waals surface area contributed by atoms with Gasteiger partial charge in [0.25, 0.3) is 0 Å². The molecule has 1 aliphatic heterocycles. The van der Waals surface area contributed by atoms with E-state index < -0.39 is 6.04 Å². The topological polar surface area (TPSA) is 96.0 Å². The van der Waals surface area contributed by atoms with Gasteiger partial charge in [0.15, 0.2) is 0 Å². The molecule has 8 nitrogen and oxygen atoms in total. The van der Waals surface area contributed by atoms with Crippen LogP contribution in [0.5, 0.6) is 5.75 Å². The molecule has 184 valence electrons. The lowest BCUT2D eigenvalue weighted by molar-refractivity contribution is -0.143. The van der Waals surface area contributed by atoms with Crippen LogP contribution in [0.2, 0.25) is 0 Å². The number of benzene rings is 1. The first-order valence-electron chi connectivity index (χ1n) is 12.1. The molecule has 0 saturated carbocycles. The fraction of sp³-hybridized carbons (Fsp3) is 0.538. The first-order chi connectivity index (χ1) is 16.4. The lowest BCUT2D eigenvalue weighted by atomic mass is 9.85. The zero-order valence-corrected chi connectivity index (χ0v) is 20.3. The van der Waals surface area contributed by atoms with Gasteiger partial charge in [-0.05, 0) is 43.9 Å². The van der Waals surface area contributed by atoms with E-state index in [0.717, 1.165) is 18.4 Å². The van der Waals surface area contributed by atoms with E-state index in [9.17, 15) is 19.2 Å². The van der Waals surface area contributed by atoms with Gasteiger partial charge in [0, 0.05) is 26.1 Å². The minimum absolute atomic E-state index is 0.0269. The molecule has 0 radical (unpaired) electrons. The number of imide groups is 1. The monoisotopic (exact) mass is 469 g/mol. The number of hydrogen-bond acceptors (Lipinski definition) is 5. The standard InChI is InChI=1S/C26H35N3O5/c1-4-5-14-27-24(31)18(2)29(17-19-9-8-10-20(16-19)34-3)23(30)13-15-28-25(32)21-11-6-7-12-22(21)26(28)33/h6-10,16,18,21-22H,4-5,11-15,17H2,1-3H3,(H,27,31)/t18?,21-,22+. The van der Waals surface area contributed by atoms with Gasteiger partial charge in [0.2, 0.25) is 23.6 Å². The van der Waals surface area contributed by atoms with Crippen molar-refractivity contribution in [1.29, 1.82) is 0 Å². The van der Waals surface area contributed by atoms with Gasteiger partial charge in [-0.3, -0.25) is 24.1 Å². The molecule has 3 atom stereocenters. The first-order valence-corrected chi connectivity index (χ1v) is 12.1. The maximum Gasteiger partial charge on any atom is 0.242 e. The van der Waals surface area contributed by atoms with Gasteiger partial charge in [-0.15, -0.1) is 0 Å². The number of ether oxygens (including phenoxy) is 1. The summed E-state index contributed by atoms with van der Waals surface area (Å²) in [5.74, 6) is -0.875. The van der Waals surface area contributed by atoms with Gasteiger partial charge in [-0.25, -0.2) is 0 Å². The van der Waals surface area contributed by atoms with E-state index in [4.69, 9.17) is 4.74 Å². The molecule has 4 amide bonds. The Kier molecular flexibility index (Phi) is 8.85. The summed E-state index contributed by atoms with van der Waals surface area (Å²) in [7, 11) is 1.57. The predicted molar refractivity (Wildman–Crippen MR) is 128 cm³/mol. The van der Waals surface area contributed by atoms with Crippen molar-refractivity contribution in [2.75, 3.05) is 20.2 Å². The Morgan fingerprint density at radius 1 is 1.18 bits per heavy atom. The van der Waals surface area contributed by atoms with Crippen LogP contribution in [0.25, 0.3) is 0 Å². The van der Waals surface area contributed by atoms with Crippen LogP contribution in [0.15, 0.2) is 36.4 Å². The number of unbranched alkanes of at least 4 members (excludes halogenated alkanes) is 1. The molecule has 0 aromatic heterocycles. The molecule has 0 spiro atoms. The summed E-state index contributed by atoms with van der Waals surface area (Å²) in [5.41, 5.74) is 0.825. The number of nitrogens with zero attached hydrogens (tertiary/aromatic N) is 2. The van der Waals surface area contributed by atoms with Crippen molar-refractivity contribution in [3.05, 3.63) is 42.0 Å². The Morgan fingerprint density at radius 2 is 1.85 bits per heavy atom. The van der Waals surface area contributed by atoms with Gasteiger partial charge in [0.05, 0.1) is 18.9 Å². The summed E-state index contributed by atoms with van der Waals surface area (Å²) in [5, 5.41) is 2.89. The Labute approximate surface area is 201 Å². The SMILES string of the molecule is CCCCNC(=O)C(C)N(Cc1cccc(OC)c1)C(=O)CCN1C(=O)[C@H]2CC=CC[C@H]2C1=O. The fourth-order valence-corrected chi connectivity index (χ4v) is 4.53. The lowest BCUT2D eigenvalue weighted by Crippen LogP contribution is -2.48. The smallest absolute Gasteiger partial charge is 0.242 e. The van der Waals surface area contributed by atoms with Gasteiger partial charge < -0.3 is 15.0 Å². The van der Waals surface area contributed by atoms with Crippen LogP contribution in [0.4, 0.5) is 0 Å². The van der Waals surface area contributed by atoms with Crippen molar-refractivity contribution in [1.82, 2.24) is 15.1 Å². The van der Waals surface area contributed by atoms with Crippen molar-refractivity contribution in [3.63, 3.8) is 0 Å². The minimum Gasteiger partial charge on any atom is -0.497 e. The molecule has 1 aromatic carbocycles. The number of allylic oxidation sites excluding steroid dienone is 2. The molecule has 2 aliphatic rings. The quantitative estimate of drug-likeness (QED) is 0.305. The van der Waals surface area contributed by atoms with E-state index in [2.05, 4.69) is 5.32 Å². The molecule has 1 aliphatic carbocycles. The summed E-state index contributed by atoms with van der Waals surface area (Å²) in [6, 6.07) is 6.64. The summed E-state index contributed by atoms with van der Waals surface area (Å²) in [4.78, 5) is 54.3. The van der Waals surface area contributed by atoms with Crippen molar-refractivity contribution in [3.8, 4) is 5.75 Å². The van der Waals surface area contributed by atoms with Crippen LogP contribution in [0.3, 0.4) is 0 Å². The zero-order chi connectivity index (χ0) is 24.7. The van der Waals surface area contributed by atoms with Crippen LogP contribution in [0, 0.1) is 11.8 Å². The molecule has 3 rings (SSSR count). The molecule has 1 heterocycles. The number of methoxy groups -OCH3 is 1. The summed E-state index contributed by atoms with van der Waals surface area (Å²) >= 11 is 0. The number of amides is 4. The fourth-order valence-electron chi connectivity index (χ4n) is 4.53. The Hall–Kier alpha value is -3.16. The van der Waals surface area contributed by atoms with Gasteiger partial charge >= 0.3 is 0 Å². The second kappa shape index (κ2) is 11.8. The van der Waals surface area contributed by atoms with Gasteiger partial charge in [-0.1, -0.05) is 37.6 Å². The van der Waals surface area contributed by atoms with Crippen LogP contribution in [-0.4, -0.2) is 59.7 Å². The average molecular weight is 470 g/mol. The average Bonchev–Trinajstić information content (AvgIpc) is 3.10. The summed E-state index contributed by atoms with van der Waals surface area (Å²) in [6.07, 6.45) is 6.80. The second-order valence-corrected chi connectivity index (χ2v) is 8.93. The Bertz CT molecular complexity index is 918. The molecule has 1 fully saturated rings. The summed E-state index contributed by atoms with van der Waals surface area (Å²) < 4.78 is 5.29.